The second kappa shape index (κ2) is 15.3. The summed E-state index contributed by atoms with van der Waals surface area (Å²) < 4.78 is 28.6. The van der Waals surface area contributed by atoms with Gasteiger partial charge in [0, 0.05) is 12.6 Å². The molecule has 1 saturated carbocycles. The van der Waals surface area contributed by atoms with Crippen molar-refractivity contribution in [1.82, 2.24) is 10.0 Å². The van der Waals surface area contributed by atoms with Gasteiger partial charge in [0.2, 0.25) is 15.9 Å². The predicted molar refractivity (Wildman–Crippen MR) is 152 cm³/mol. The molecule has 0 bridgehead atoms. The second-order valence-corrected chi connectivity index (χ2v) is 12.6. The number of nitrogens with zero attached hydrogens (tertiary/aromatic N) is 1. The first kappa shape index (κ1) is 32.7. The van der Waals surface area contributed by atoms with Gasteiger partial charge in [0.05, 0.1) is 10.9 Å². The lowest BCUT2D eigenvalue weighted by Gasteiger charge is -2.30. The van der Waals surface area contributed by atoms with Crippen molar-refractivity contribution in [3.8, 4) is 0 Å². The summed E-state index contributed by atoms with van der Waals surface area (Å²) in [4.78, 5) is 30.5. The van der Waals surface area contributed by atoms with Gasteiger partial charge in [-0.15, -0.1) is 0 Å². The molecule has 1 fully saturated rings. The molecule has 9 N–H and O–H groups in total. The van der Waals surface area contributed by atoms with Gasteiger partial charge in [-0.05, 0) is 50.2 Å². The summed E-state index contributed by atoms with van der Waals surface area (Å²) >= 11 is 0. The van der Waals surface area contributed by atoms with E-state index in [1.807, 2.05) is 6.92 Å². The summed E-state index contributed by atoms with van der Waals surface area (Å²) in [5.41, 5.74) is 17.9. The van der Waals surface area contributed by atoms with Crippen LogP contribution in [0.25, 0.3) is 0 Å². The zero-order valence-electron chi connectivity index (χ0n) is 23.3. The maximum Gasteiger partial charge on any atom is 0.241 e. The van der Waals surface area contributed by atoms with Gasteiger partial charge in [-0.1, -0.05) is 63.6 Å². The lowest BCUT2D eigenvalue weighted by Crippen LogP contribution is -2.57. The largest absolute Gasteiger partial charge is 0.384 e. The standard InChI is InChI=1S/C27H46N6O5S/c1-17(2)23(25(35)24(34)21(28)16-19-8-5-4-6-9-19)32-26(36)22(10-7-15-31-27(29)30)33-39(37,38)20-13-11-18(3)12-14-20/h11-14,17,19,21-24,33-34H,4-10,15-16,28H2,1-3H3,(H,32,36)(H4,29,30,31)/t21?,22-,23-,24?/m0/s1. The summed E-state index contributed by atoms with van der Waals surface area (Å²) in [6.07, 6.45) is 4.97. The van der Waals surface area contributed by atoms with Crippen LogP contribution in [0, 0.1) is 18.8 Å². The van der Waals surface area contributed by atoms with Crippen molar-refractivity contribution in [3.05, 3.63) is 29.8 Å². The lowest BCUT2D eigenvalue weighted by molar-refractivity contribution is -0.135. The smallest absolute Gasteiger partial charge is 0.241 e. The van der Waals surface area contributed by atoms with Crippen LogP contribution in [-0.4, -0.2) is 61.9 Å². The van der Waals surface area contributed by atoms with Gasteiger partial charge in [0.25, 0.3) is 0 Å². The Hall–Kier alpha value is -2.54. The minimum Gasteiger partial charge on any atom is -0.384 e. The molecule has 1 aliphatic carbocycles. The van der Waals surface area contributed by atoms with E-state index in [2.05, 4.69) is 15.0 Å². The van der Waals surface area contributed by atoms with Gasteiger partial charge in [0.15, 0.2) is 11.7 Å². The molecule has 11 nitrogen and oxygen atoms in total. The average molecular weight is 567 g/mol. The first-order valence-corrected chi connectivity index (χ1v) is 15.2. The van der Waals surface area contributed by atoms with Crippen molar-refractivity contribution < 1.29 is 23.1 Å². The van der Waals surface area contributed by atoms with E-state index in [9.17, 15) is 23.1 Å². The van der Waals surface area contributed by atoms with Crippen LogP contribution in [0.3, 0.4) is 0 Å². The second-order valence-electron chi connectivity index (χ2n) is 10.9. The van der Waals surface area contributed by atoms with Crippen molar-refractivity contribution in [1.29, 1.82) is 0 Å². The molecule has 12 heteroatoms. The fraction of sp³-hybridized carbons (Fsp3) is 0.667. The number of guanidine groups is 1. The van der Waals surface area contributed by atoms with E-state index in [0.717, 1.165) is 31.2 Å². The third-order valence-corrected chi connectivity index (χ3v) is 8.68. The van der Waals surface area contributed by atoms with E-state index >= 15 is 0 Å². The first-order chi connectivity index (χ1) is 18.3. The van der Waals surface area contributed by atoms with Gasteiger partial charge in [-0.2, -0.15) is 4.72 Å². The normalized spacial score (nSPS) is 17.7. The van der Waals surface area contributed by atoms with Crippen LogP contribution in [0.2, 0.25) is 0 Å². The Kier molecular flexibility index (Phi) is 12.8. The van der Waals surface area contributed by atoms with Crippen LogP contribution >= 0.6 is 0 Å². The Bertz CT molecular complexity index is 1070. The Labute approximate surface area is 232 Å². The van der Waals surface area contributed by atoms with Gasteiger partial charge in [0.1, 0.15) is 12.1 Å². The van der Waals surface area contributed by atoms with Gasteiger partial charge >= 0.3 is 0 Å². The molecule has 220 valence electrons. The molecular weight excluding hydrogens is 520 g/mol. The fourth-order valence-electron chi connectivity index (χ4n) is 4.87. The summed E-state index contributed by atoms with van der Waals surface area (Å²) in [7, 11) is -4.05. The number of aliphatic imine (C=N–C) groups is 1. The minimum absolute atomic E-state index is 0.00992. The Morgan fingerprint density at radius 3 is 2.28 bits per heavy atom. The quantitative estimate of drug-likeness (QED) is 0.103. The number of nitrogens with two attached hydrogens (primary N) is 3. The molecule has 1 amide bonds. The molecule has 0 saturated heterocycles. The highest BCUT2D eigenvalue weighted by Gasteiger charge is 2.36. The molecule has 39 heavy (non-hydrogen) atoms. The maximum atomic E-state index is 13.4. The number of aryl methyl sites for hydroxylation is 1. The predicted octanol–water partition coefficient (Wildman–Crippen LogP) is 1.06. The van der Waals surface area contributed by atoms with Crippen molar-refractivity contribution in [2.24, 2.45) is 34.0 Å². The lowest BCUT2D eigenvalue weighted by atomic mass is 9.82. The number of hydrogen-bond acceptors (Lipinski definition) is 7. The fourth-order valence-corrected chi connectivity index (χ4v) is 6.10. The average Bonchev–Trinajstić information content (AvgIpc) is 2.88. The Balaban J connectivity index is 2.17. The van der Waals surface area contributed by atoms with Gasteiger partial charge in [-0.25, -0.2) is 8.42 Å². The number of Topliss-reactive ketones (excluding diaryl/α,β-unsaturated/α-hetero) is 1. The minimum atomic E-state index is -4.05. The summed E-state index contributed by atoms with van der Waals surface area (Å²) in [6.45, 7) is 5.51. The molecule has 0 spiro atoms. The molecule has 4 atom stereocenters. The van der Waals surface area contributed by atoms with E-state index in [4.69, 9.17) is 17.2 Å². The highest BCUT2D eigenvalue weighted by molar-refractivity contribution is 7.89. The summed E-state index contributed by atoms with van der Waals surface area (Å²) in [5.74, 6) is -1.37. The third-order valence-electron chi connectivity index (χ3n) is 7.19. The van der Waals surface area contributed by atoms with Crippen molar-refractivity contribution in [2.45, 2.75) is 101 Å². The van der Waals surface area contributed by atoms with Crippen LogP contribution in [0.1, 0.15) is 70.8 Å². The van der Waals surface area contributed by atoms with Crippen LogP contribution in [0.15, 0.2) is 34.2 Å². The van der Waals surface area contributed by atoms with Gasteiger partial charge < -0.3 is 27.6 Å². The van der Waals surface area contributed by atoms with Crippen LogP contribution in [0.4, 0.5) is 0 Å². The number of nitrogens with one attached hydrogen (secondary N) is 2. The van der Waals surface area contributed by atoms with Crippen molar-refractivity contribution >= 4 is 27.7 Å². The number of benzene rings is 1. The van der Waals surface area contributed by atoms with E-state index in [0.29, 0.717) is 18.8 Å². The summed E-state index contributed by atoms with van der Waals surface area (Å²) in [6, 6.07) is 3.24. The highest BCUT2D eigenvalue weighted by Crippen LogP contribution is 2.28. The zero-order valence-corrected chi connectivity index (χ0v) is 24.1. The van der Waals surface area contributed by atoms with Gasteiger partial charge in [-0.3, -0.25) is 14.6 Å². The molecule has 1 aliphatic rings. The number of aliphatic hydroxyl groups is 1. The number of rotatable bonds is 15. The third kappa shape index (κ3) is 10.5. The summed E-state index contributed by atoms with van der Waals surface area (Å²) in [5, 5.41) is 13.5. The van der Waals surface area contributed by atoms with E-state index in [-0.39, 0.29) is 29.7 Å². The Morgan fingerprint density at radius 1 is 1.10 bits per heavy atom. The number of amides is 1. The molecule has 2 unspecified atom stereocenters. The molecule has 0 heterocycles. The molecule has 0 radical (unpaired) electrons. The van der Waals surface area contributed by atoms with E-state index < -0.39 is 45.9 Å². The number of hydrogen-bond donors (Lipinski definition) is 6. The molecule has 2 rings (SSSR count). The number of carbonyl (C=O) groups is 2. The van der Waals surface area contributed by atoms with Crippen molar-refractivity contribution in [3.63, 3.8) is 0 Å². The number of sulfonamides is 1. The topological polar surface area (TPSA) is 203 Å². The SMILES string of the molecule is Cc1ccc(S(=O)(=O)N[C@@H](CCCN=C(N)N)C(=O)N[C@H](C(=O)C(O)C(N)CC2CCCCC2)C(C)C)cc1. The van der Waals surface area contributed by atoms with Crippen LogP contribution in [-0.2, 0) is 19.6 Å². The number of carbonyl (C=O) groups excluding carboxylic acids is 2. The molecule has 1 aromatic carbocycles. The first-order valence-electron chi connectivity index (χ1n) is 13.7. The zero-order chi connectivity index (χ0) is 29.2. The Morgan fingerprint density at radius 2 is 1.72 bits per heavy atom. The van der Waals surface area contributed by atoms with E-state index in [1.54, 1.807) is 26.0 Å². The number of aliphatic hydroxyl groups excluding tert-OH is 1. The molecule has 0 aliphatic heterocycles. The molecular formula is C27H46N6O5S. The van der Waals surface area contributed by atoms with E-state index in [1.165, 1.54) is 18.6 Å². The van der Waals surface area contributed by atoms with Crippen LogP contribution in [0.5, 0.6) is 0 Å². The highest BCUT2D eigenvalue weighted by atomic mass is 32.2. The van der Waals surface area contributed by atoms with Crippen LogP contribution < -0.4 is 27.2 Å². The molecule has 0 aromatic heterocycles. The number of ketones is 1. The monoisotopic (exact) mass is 566 g/mol. The van der Waals surface area contributed by atoms with Crippen molar-refractivity contribution in [2.75, 3.05) is 6.54 Å². The maximum absolute atomic E-state index is 13.4. The molecule has 1 aromatic rings.